The van der Waals surface area contributed by atoms with Crippen LogP contribution in [-0.4, -0.2) is 29.8 Å². The second kappa shape index (κ2) is 4.98. The highest BCUT2D eigenvalue weighted by atomic mass is 16.5. The van der Waals surface area contributed by atoms with Gasteiger partial charge in [-0.05, 0) is 44.4 Å². The van der Waals surface area contributed by atoms with Gasteiger partial charge in [0.05, 0.1) is 11.2 Å². The number of phenolic OH excluding ortho intramolecular Hbond substituents is 1. The van der Waals surface area contributed by atoms with Crippen LogP contribution in [0.4, 0.5) is 0 Å². The van der Waals surface area contributed by atoms with Crippen molar-refractivity contribution in [1.82, 2.24) is 5.32 Å². The van der Waals surface area contributed by atoms with E-state index in [9.17, 15) is 9.90 Å². The van der Waals surface area contributed by atoms with Crippen LogP contribution >= 0.6 is 0 Å². The molecule has 4 nitrogen and oxygen atoms in total. The summed E-state index contributed by atoms with van der Waals surface area (Å²) in [7, 11) is 0. The summed E-state index contributed by atoms with van der Waals surface area (Å²) in [6.07, 6.45) is 1.98. The smallest absolute Gasteiger partial charge is 0.255 e. The van der Waals surface area contributed by atoms with Crippen LogP contribution in [0.25, 0.3) is 0 Å². The predicted molar refractivity (Wildman–Crippen MR) is 68.8 cm³/mol. The van der Waals surface area contributed by atoms with E-state index in [2.05, 4.69) is 5.32 Å². The highest BCUT2D eigenvalue weighted by Gasteiger charge is 2.30. The van der Waals surface area contributed by atoms with Crippen molar-refractivity contribution in [2.75, 3.05) is 13.2 Å². The lowest BCUT2D eigenvalue weighted by molar-refractivity contribution is 0.0205. The molecule has 0 aromatic heterocycles. The third kappa shape index (κ3) is 2.82. The van der Waals surface area contributed by atoms with Crippen molar-refractivity contribution in [3.8, 4) is 5.75 Å². The first-order chi connectivity index (χ1) is 8.50. The fourth-order valence-electron chi connectivity index (χ4n) is 2.17. The Hall–Kier alpha value is -1.55. The Kier molecular flexibility index (Phi) is 3.57. The number of amides is 1. The molecule has 1 fully saturated rings. The fourth-order valence-corrected chi connectivity index (χ4v) is 2.17. The van der Waals surface area contributed by atoms with Crippen molar-refractivity contribution in [3.63, 3.8) is 0 Å². The SMILES string of the molecule is Cc1ccc(C(=O)NCC2(C)CCCO2)c(O)c1. The summed E-state index contributed by atoms with van der Waals surface area (Å²) in [4.78, 5) is 11.9. The Morgan fingerprint density at radius 3 is 2.94 bits per heavy atom. The molecule has 2 N–H and O–H groups in total. The maximum absolute atomic E-state index is 11.9. The minimum Gasteiger partial charge on any atom is -0.507 e. The van der Waals surface area contributed by atoms with E-state index in [1.54, 1.807) is 12.1 Å². The zero-order valence-electron chi connectivity index (χ0n) is 10.8. The first-order valence-electron chi connectivity index (χ1n) is 6.22. The number of phenols is 1. The van der Waals surface area contributed by atoms with E-state index in [0.717, 1.165) is 25.0 Å². The zero-order chi connectivity index (χ0) is 13.2. The minimum absolute atomic E-state index is 0.0185. The minimum atomic E-state index is -0.268. The number of nitrogens with one attached hydrogen (secondary N) is 1. The van der Waals surface area contributed by atoms with Gasteiger partial charge in [0, 0.05) is 13.2 Å². The zero-order valence-corrected chi connectivity index (χ0v) is 10.8. The largest absolute Gasteiger partial charge is 0.507 e. The fraction of sp³-hybridized carbons (Fsp3) is 0.500. The van der Waals surface area contributed by atoms with Gasteiger partial charge in [-0.1, -0.05) is 6.07 Å². The molecule has 0 radical (unpaired) electrons. The molecule has 98 valence electrons. The molecular formula is C14H19NO3. The Morgan fingerprint density at radius 1 is 1.56 bits per heavy atom. The number of carbonyl (C=O) groups is 1. The lowest BCUT2D eigenvalue weighted by Gasteiger charge is -2.23. The van der Waals surface area contributed by atoms with Crippen LogP contribution in [0, 0.1) is 6.92 Å². The van der Waals surface area contributed by atoms with Crippen LogP contribution in [0.3, 0.4) is 0 Å². The van der Waals surface area contributed by atoms with Gasteiger partial charge in [-0.15, -0.1) is 0 Å². The molecule has 1 aromatic rings. The summed E-state index contributed by atoms with van der Waals surface area (Å²) in [5.74, 6) is -0.241. The standard InChI is InChI=1S/C14H19NO3/c1-10-4-5-11(12(16)8-10)13(17)15-9-14(2)6-3-7-18-14/h4-5,8,16H,3,6-7,9H2,1-2H3,(H,15,17). The molecule has 1 saturated heterocycles. The average Bonchev–Trinajstić information content (AvgIpc) is 2.74. The molecule has 1 aromatic carbocycles. The average molecular weight is 249 g/mol. The summed E-state index contributed by atoms with van der Waals surface area (Å²) in [5, 5.41) is 12.5. The molecule has 0 spiro atoms. The van der Waals surface area contributed by atoms with Crippen molar-refractivity contribution in [2.45, 2.75) is 32.3 Å². The molecule has 1 atom stereocenters. The van der Waals surface area contributed by atoms with E-state index >= 15 is 0 Å². The summed E-state index contributed by atoms with van der Waals surface area (Å²) in [6, 6.07) is 5.03. The molecule has 1 amide bonds. The van der Waals surface area contributed by atoms with E-state index in [0.29, 0.717) is 12.1 Å². The first kappa shape index (κ1) is 12.9. The molecule has 0 aliphatic carbocycles. The number of aryl methyl sites for hydroxylation is 1. The van der Waals surface area contributed by atoms with Crippen molar-refractivity contribution in [2.24, 2.45) is 0 Å². The molecule has 2 rings (SSSR count). The van der Waals surface area contributed by atoms with Gasteiger partial charge in [0.1, 0.15) is 5.75 Å². The summed E-state index contributed by atoms with van der Waals surface area (Å²) in [5.41, 5.74) is 0.966. The van der Waals surface area contributed by atoms with Crippen LogP contribution < -0.4 is 5.32 Å². The molecule has 1 aliphatic heterocycles. The van der Waals surface area contributed by atoms with E-state index in [-0.39, 0.29) is 17.3 Å². The molecule has 1 unspecified atom stereocenters. The Bertz CT molecular complexity index is 450. The first-order valence-corrected chi connectivity index (χ1v) is 6.22. The second-order valence-electron chi connectivity index (χ2n) is 5.11. The number of benzene rings is 1. The summed E-state index contributed by atoms with van der Waals surface area (Å²) < 4.78 is 5.60. The molecule has 4 heteroatoms. The predicted octanol–water partition coefficient (Wildman–Crippen LogP) is 2.00. The highest BCUT2D eigenvalue weighted by Crippen LogP contribution is 2.24. The lowest BCUT2D eigenvalue weighted by atomic mass is 10.0. The van der Waals surface area contributed by atoms with Gasteiger partial charge >= 0.3 is 0 Å². The van der Waals surface area contributed by atoms with Gasteiger partial charge in [0.25, 0.3) is 5.91 Å². The van der Waals surface area contributed by atoms with E-state index in [4.69, 9.17) is 4.74 Å². The molecular weight excluding hydrogens is 230 g/mol. The maximum atomic E-state index is 11.9. The molecule has 0 saturated carbocycles. The highest BCUT2D eigenvalue weighted by molar-refractivity contribution is 5.96. The van der Waals surface area contributed by atoms with Crippen molar-refractivity contribution in [1.29, 1.82) is 0 Å². The van der Waals surface area contributed by atoms with Crippen molar-refractivity contribution in [3.05, 3.63) is 29.3 Å². The van der Waals surface area contributed by atoms with E-state index in [1.807, 2.05) is 19.9 Å². The van der Waals surface area contributed by atoms with Gasteiger partial charge in [0.2, 0.25) is 0 Å². The number of carbonyl (C=O) groups excluding carboxylic acids is 1. The van der Waals surface area contributed by atoms with E-state index in [1.165, 1.54) is 0 Å². The lowest BCUT2D eigenvalue weighted by Crippen LogP contribution is -2.40. The summed E-state index contributed by atoms with van der Waals surface area (Å²) in [6.45, 7) is 5.09. The topological polar surface area (TPSA) is 58.6 Å². The monoisotopic (exact) mass is 249 g/mol. The second-order valence-corrected chi connectivity index (χ2v) is 5.11. The van der Waals surface area contributed by atoms with Gasteiger partial charge in [-0.25, -0.2) is 0 Å². The number of rotatable bonds is 3. The number of hydrogen-bond donors (Lipinski definition) is 2. The quantitative estimate of drug-likeness (QED) is 0.861. The normalized spacial score (nSPS) is 23.0. The molecule has 18 heavy (non-hydrogen) atoms. The van der Waals surface area contributed by atoms with Gasteiger partial charge in [0.15, 0.2) is 0 Å². The Balaban J connectivity index is 1.99. The van der Waals surface area contributed by atoms with Crippen LogP contribution in [-0.2, 0) is 4.74 Å². The van der Waals surface area contributed by atoms with Crippen LogP contribution in [0.2, 0.25) is 0 Å². The third-order valence-electron chi connectivity index (χ3n) is 3.32. The Morgan fingerprint density at radius 2 is 2.33 bits per heavy atom. The van der Waals surface area contributed by atoms with Gasteiger partial charge in [-0.3, -0.25) is 4.79 Å². The number of hydrogen-bond acceptors (Lipinski definition) is 3. The van der Waals surface area contributed by atoms with Crippen molar-refractivity contribution < 1.29 is 14.6 Å². The molecule has 1 heterocycles. The van der Waals surface area contributed by atoms with Crippen LogP contribution in [0.1, 0.15) is 35.7 Å². The van der Waals surface area contributed by atoms with Crippen LogP contribution in [0.5, 0.6) is 5.75 Å². The number of aromatic hydroxyl groups is 1. The van der Waals surface area contributed by atoms with Gasteiger partial charge in [-0.2, -0.15) is 0 Å². The maximum Gasteiger partial charge on any atom is 0.255 e. The Labute approximate surface area is 107 Å². The van der Waals surface area contributed by atoms with Crippen molar-refractivity contribution >= 4 is 5.91 Å². The van der Waals surface area contributed by atoms with E-state index < -0.39 is 0 Å². The summed E-state index contributed by atoms with van der Waals surface area (Å²) >= 11 is 0. The van der Waals surface area contributed by atoms with Gasteiger partial charge < -0.3 is 15.2 Å². The molecule has 0 bridgehead atoms. The number of ether oxygens (including phenoxy) is 1. The molecule has 1 aliphatic rings. The van der Waals surface area contributed by atoms with Crippen LogP contribution in [0.15, 0.2) is 18.2 Å². The third-order valence-corrected chi connectivity index (χ3v) is 3.32.